The molecule has 0 atom stereocenters. The largest absolute Gasteiger partial charge is 0.357 e. The van der Waals surface area contributed by atoms with Gasteiger partial charge in [0.05, 0.1) is 0 Å². The minimum absolute atomic E-state index is 0.0421. The van der Waals surface area contributed by atoms with E-state index in [0.29, 0.717) is 0 Å². The van der Waals surface area contributed by atoms with E-state index in [2.05, 4.69) is 78.5 Å². The van der Waals surface area contributed by atoms with Crippen LogP contribution < -0.4 is 10.6 Å². The highest BCUT2D eigenvalue weighted by Crippen LogP contribution is 2.09. The van der Waals surface area contributed by atoms with Crippen molar-refractivity contribution in [2.75, 3.05) is 45.8 Å². The second kappa shape index (κ2) is 11.3. The van der Waals surface area contributed by atoms with Crippen molar-refractivity contribution in [1.82, 2.24) is 20.4 Å². The molecule has 1 aliphatic heterocycles. The Labute approximate surface area is 166 Å². The van der Waals surface area contributed by atoms with Gasteiger partial charge >= 0.3 is 0 Å². The zero-order valence-corrected chi connectivity index (χ0v) is 17.8. The van der Waals surface area contributed by atoms with Crippen molar-refractivity contribution < 1.29 is 0 Å². The van der Waals surface area contributed by atoms with Crippen LogP contribution in [0.5, 0.6) is 0 Å². The van der Waals surface area contributed by atoms with E-state index in [4.69, 9.17) is 4.99 Å². The predicted molar refractivity (Wildman–Crippen MR) is 116 cm³/mol. The average Bonchev–Trinajstić information content (AvgIpc) is 2.62. The fraction of sp³-hybridized carbons (Fsp3) is 0.682. The van der Waals surface area contributed by atoms with Crippen molar-refractivity contribution in [2.24, 2.45) is 4.99 Å². The Kier molecular flexibility index (Phi) is 9.08. The second-order valence-electron chi connectivity index (χ2n) is 8.45. The van der Waals surface area contributed by atoms with Gasteiger partial charge in [-0.3, -0.25) is 9.89 Å². The Hall–Kier alpha value is -1.59. The summed E-state index contributed by atoms with van der Waals surface area (Å²) in [6.45, 7) is 17.4. The molecule has 0 bridgehead atoms. The SMILES string of the molecule is CCNC(=NCCCCN1CCN(Cc2ccccc2)CC1)NC(C)(C)C. The van der Waals surface area contributed by atoms with E-state index in [-0.39, 0.29) is 5.54 Å². The van der Waals surface area contributed by atoms with E-state index in [1.54, 1.807) is 0 Å². The molecule has 0 unspecified atom stereocenters. The normalized spacial score (nSPS) is 17.1. The van der Waals surface area contributed by atoms with Crippen LogP contribution in [-0.2, 0) is 6.54 Å². The van der Waals surface area contributed by atoms with Crippen LogP contribution in [0.15, 0.2) is 35.3 Å². The molecular weight excluding hydrogens is 334 g/mol. The summed E-state index contributed by atoms with van der Waals surface area (Å²) in [5.41, 5.74) is 1.46. The third-order valence-electron chi connectivity index (χ3n) is 4.70. The summed E-state index contributed by atoms with van der Waals surface area (Å²) in [5, 5.41) is 6.77. The summed E-state index contributed by atoms with van der Waals surface area (Å²) in [6.07, 6.45) is 2.36. The Morgan fingerprint density at radius 3 is 2.30 bits per heavy atom. The lowest BCUT2D eigenvalue weighted by molar-refractivity contribution is 0.126. The molecule has 0 spiro atoms. The molecule has 0 saturated carbocycles. The van der Waals surface area contributed by atoms with E-state index in [1.807, 2.05) is 0 Å². The molecule has 1 aromatic rings. The Morgan fingerprint density at radius 1 is 1.00 bits per heavy atom. The quantitative estimate of drug-likeness (QED) is 0.418. The van der Waals surface area contributed by atoms with Crippen molar-refractivity contribution in [3.05, 3.63) is 35.9 Å². The van der Waals surface area contributed by atoms with Crippen molar-refractivity contribution in [3.63, 3.8) is 0 Å². The number of nitrogens with zero attached hydrogens (tertiary/aromatic N) is 3. The number of unbranched alkanes of at least 4 members (excludes halogenated alkanes) is 1. The summed E-state index contributed by atoms with van der Waals surface area (Å²) in [7, 11) is 0. The van der Waals surface area contributed by atoms with Crippen molar-refractivity contribution in [2.45, 2.75) is 52.6 Å². The average molecular weight is 374 g/mol. The highest BCUT2D eigenvalue weighted by Gasteiger charge is 2.16. The fourth-order valence-corrected chi connectivity index (χ4v) is 3.31. The smallest absolute Gasteiger partial charge is 0.191 e. The molecule has 152 valence electrons. The third kappa shape index (κ3) is 9.25. The minimum atomic E-state index is 0.0421. The number of aliphatic imine (C=N–C) groups is 1. The van der Waals surface area contributed by atoms with Gasteiger partial charge in [-0.1, -0.05) is 30.3 Å². The van der Waals surface area contributed by atoms with Gasteiger partial charge in [0.15, 0.2) is 5.96 Å². The van der Waals surface area contributed by atoms with Gasteiger partial charge < -0.3 is 15.5 Å². The van der Waals surface area contributed by atoms with Gasteiger partial charge in [-0.15, -0.1) is 0 Å². The molecule has 5 heteroatoms. The molecule has 1 heterocycles. The van der Waals surface area contributed by atoms with Gasteiger partial charge in [-0.25, -0.2) is 0 Å². The molecule has 27 heavy (non-hydrogen) atoms. The molecule has 1 fully saturated rings. The van der Waals surface area contributed by atoms with Crippen LogP contribution in [0.1, 0.15) is 46.1 Å². The Morgan fingerprint density at radius 2 is 1.67 bits per heavy atom. The van der Waals surface area contributed by atoms with Crippen molar-refractivity contribution >= 4 is 5.96 Å². The molecule has 0 amide bonds. The zero-order chi connectivity index (χ0) is 19.5. The molecule has 0 aromatic heterocycles. The first-order chi connectivity index (χ1) is 13.0. The van der Waals surface area contributed by atoms with Gasteiger partial charge in [0.1, 0.15) is 0 Å². The van der Waals surface area contributed by atoms with Gasteiger partial charge in [-0.2, -0.15) is 0 Å². The van der Waals surface area contributed by atoms with Gasteiger partial charge in [0.25, 0.3) is 0 Å². The van der Waals surface area contributed by atoms with Gasteiger partial charge in [-0.05, 0) is 52.6 Å². The topological polar surface area (TPSA) is 42.9 Å². The first-order valence-corrected chi connectivity index (χ1v) is 10.5. The molecule has 0 aliphatic carbocycles. The van der Waals surface area contributed by atoms with E-state index in [9.17, 15) is 0 Å². The van der Waals surface area contributed by atoms with Crippen LogP contribution in [0.3, 0.4) is 0 Å². The van der Waals surface area contributed by atoms with E-state index < -0.39 is 0 Å². The first kappa shape index (κ1) is 21.7. The molecule has 1 saturated heterocycles. The third-order valence-corrected chi connectivity index (χ3v) is 4.70. The lowest BCUT2D eigenvalue weighted by Crippen LogP contribution is -2.47. The molecule has 0 radical (unpaired) electrons. The van der Waals surface area contributed by atoms with Crippen molar-refractivity contribution in [3.8, 4) is 0 Å². The number of hydrogen-bond acceptors (Lipinski definition) is 3. The van der Waals surface area contributed by atoms with Crippen LogP contribution in [0.25, 0.3) is 0 Å². The highest BCUT2D eigenvalue weighted by molar-refractivity contribution is 5.80. The minimum Gasteiger partial charge on any atom is -0.357 e. The maximum Gasteiger partial charge on any atom is 0.191 e. The predicted octanol–water partition coefficient (Wildman–Crippen LogP) is 2.94. The summed E-state index contributed by atoms with van der Waals surface area (Å²) in [6, 6.07) is 10.8. The number of hydrogen-bond donors (Lipinski definition) is 2. The second-order valence-corrected chi connectivity index (χ2v) is 8.45. The van der Waals surface area contributed by atoms with E-state index >= 15 is 0 Å². The highest BCUT2D eigenvalue weighted by atomic mass is 15.3. The summed E-state index contributed by atoms with van der Waals surface area (Å²) >= 11 is 0. The lowest BCUT2D eigenvalue weighted by atomic mass is 10.1. The number of guanidine groups is 1. The molecular formula is C22H39N5. The molecule has 5 nitrogen and oxygen atoms in total. The van der Waals surface area contributed by atoms with Crippen LogP contribution in [0.2, 0.25) is 0 Å². The van der Waals surface area contributed by atoms with Gasteiger partial charge in [0.2, 0.25) is 0 Å². The number of benzene rings is 1. The van der Waals surface area contributed by atoms with Gasteiger partial charge in [0, 0.05) is 51.4 Å². The van der Waals surface area contributed by atoms with Crippen LogP contribution in [0.4, 0.5) is 0 Å². The fourth-order valence-electron chi connectivity index (χ4n) is 3.31. The Balaban J connectivity index is 1.60. The Bertz CT molecular complexity index is 542. The van der Waals surface area contributed by atoms with Crippen LogP contribution >= 0.6 is 0 Å². The number of nitrogens with one attached hydrogen (secondary N) is 2. The molecule has 2 N–H and O–H groups in total. The van der Waals surface area contributed by atoms with Crippen LogP contribution in [0, 0.1) is 0 Å². The summed E-state index contributed by atoms with van der Waals surface area (Å²) < 4.78 is 0. The maximum atomic E-state index is 4.71. The van der Waals surface area contributed by atoms with E-state index in [1.165, 1.54) is 44.7 Å². The monoisotopic (exact) mass is 373 g/mol. The standard InChI is InChI=1S/C22H39N5/c1-5-23-21(25-22(2,3)4)24-13-9-10-14-26-15-17-27(18-16-26)19-20-11-7-6-8-12-20/h6-8,11-12H,5,9-10,13-19H2,1-4H3,(H2,23,24,25). The molecule has 1 aliphatic rings. The van der Waals surface area contributed by atoms with Crippen molar-refractivity contribution in [1.29, 1.82) is 0 Å². The molecule has 1 aromatic carbocycles. The first-order valence-electron chi connectivity index (χ1n) is 10.5. The summed E-state index contributed by atoms with van der Waals surface area (Å²) in [4.78, 5) is 9.88. The van der Waals surface area contributed by atoms with Crippen LogP contribution in [-0.4, -0.2) is 67.1 Å². The lowest BCUT2D eigenvalue weighted by Gasteiger charge is -2.34. The zero-order valence-electron chi connectivity index (χ0n) is 17.8. The van der Waals surface area contributed by atoms with E-state index in [0.717, 1.165) is 32.0 Å². The number of piperazine rings is 1. The maximum absolute atomic E-state index is 4.71. The number of rotatable bonds is 8. The molecule has 2 rings (SSSR count). The summed E-state index contributed by atoms with van der Waals surface area (Å²) in [5.74, 6) is 0.930.